The van der Waals surface area contributed by atoms with Crippen LogP contribution in [-0.4, -0.2) is 15.9 Å². The average Bonchev–Trinajstić information content (AvgIpc) is 2.75. The van der Waals surface area contributed by atoms with Crippen molar-refractivity contribution in [1.82, 2.24) is 9.97 Å². The highest BCUT2D eigenvalue weighted by molar-refractivity contribution is 6.35. The summed E-state index contributed by atoms with van der Waals surface area (Å²) in [4.78, 5) is 20.3. The van der Waals surface area contributed by atoms with Crippen LogP contribution in [0.15, 0.2) is 73.2 Å². The summed E-state index contributed by atoms with van der Waals surface area (Å²) in [5.41, 5.74) is 2.61. The predicted octanol–water partition coefficient (Wildman–Crippen LogP) is 5.29. The van der Waals surface area contributed by atoms with Gasteiger partial charge in [0.1, 0.15) is 5.52 Å². The van der Waals surface area contributed by atoms with Gasteiger partial charge in [-0.15, -0.1) is 0 Å². The Morgan fingerprint density at radius 3 is 2.69 bits per heavy atom. The molecule has 0 spiro atoms. The van der Waals surface area contributed by atoms with E-state index in [1.807, 2.05) is 18.2 Å². The number of benzene rings is 2. The SMILES string of the molecule is O=C(Nc1cccc(CNc2ccc3c(Cl)ccnc3c2F)c1)c1ccncc1. The molecule has 2 aromatic carbocycles. The number of carbonyl (C=O) groups is 1. The maximum atomic E-state index is 14.7. The van der Waals surface area contributed by atoms with Crippen molar-refractivity contribution in [3.8, 4) is 0 Å². The number of rotatable bonds is 5. The molecule has 4 aromatic rings. The molecule has 2 heterocycles. The molecule has 1 amide bonds. The Morgan fingerprint density at radius 1 is 1.03 bits per heavy atom. The molecule has 0 atom stereocenters. The van der Waals surface area contributed by atoms with Gasteiger partial charge in [0.25, 0.3) is 5.91 Å². The van der Waals surface area contributed by atoms with E-state index < -0.39 is 5.82 Å². The molecule has 5 nitrogen and oxygen atoms in total. The minimum Gasteiger partial charge on any atom is -0.379 e. The van der Waals surface area contributed by atoms with Crippen molar-refractivity contribution in [1.29, 1.82) is 0 Å². The third-order valence-corrected chi connectivity index (χ3v) is 4.74. The number of carbonyl (C=O) groups excluding carboxylic acids is 1. The van der Waals surface area contributed by atoms with E-state index in [1.165, 1.54) is 6.20 Å². The standard InChI is InChI=1S/C22H16ClFN4O/c23-18-8-11-26-21-17(18)4-5-19(20(21)24)27-13-14-2-1-3-16(12-14)28-22(29)15-6-9-25-10-7-15/h1-12,27H,13H2,(H,28,29). The smallest absolute Gasteiger partial charge is 0.255 e. The molecule has 0 saturated carbocycles. The fourth-order valence-electron chi connectivity index (χ4n) is 2.95. The van der Waals surface area contributed by atoms with E-state index in [1.54, 1.807) is 48.8 Å². The quantitative estimate of drug-likeness (QED) is 0.472. The summed E-state index contributed by atoms with van der Waals surface area (Å²) in [5.74, 6) is -0.673. The third-order valence-electron chi connectivity index (χ3n) is 4.41. The number of nitrogens with one attached hydrogen (secondary N) is 2. The first-order chi connectivity index (χ1) is 14.1. The van der Waals surface area contributed by atoms with E-state index in [9.17, 15) is 9.18 Å². The molecule has 29 heavy (non-hydrogen) atoms. The van der Waals surface area contributed by atoms with E-state index in [-0.39, 0.29) is 11.4 Å². The number of nitrogens with zero attached hydrogens (tertiary/aromatic N) is 2. The summed E-state index contributed by atoms with van der Waals surface area (Å²) in [6, 6.07) is 15.6. The Morgan fingerprint density at radius 2 is 1.86 bits per heavy atom. The first-order valence-corrected chi connectivity index (χ1v) is 9.26. The van der Waals surface area contributed by atoms with Crippen LogP contribution in [0.5, 0.6) is 0 Å². The highest BCUT2D eigenvalue weighted by Crippen LogP contribution is 2.28. The molecule has 7 heteroatoms. The van der Waals surface area contributed by atoms with Gasteiger partial charge < -0.3 is 10.6 Å². The number of aromatic nitrogens is 2. The van der Waals surface area contributed by atoms with Crippen molar-refractivity contribution < 1.29 is 9.18 Å². The van der Waals surface area contributed by atoms with Crippen molar-refractivity contribution in [2.45, 2.75) is 6.54 Å². The summed E-state index contributed by atoms with van der Waals surface area (Å²) >= 11 is 6.09. The van der Waals surface area contributed by atoms with Crippen LogP contribution >= 0.6 is 11.6 Å². The lowest BCUT2D eigenvalue weighted by atomic mass is 10.1. The number of anilines is 2. The van der Waals surface area contributed by atoms with Gasteiger partial charge in [0.2, 0.25) is 0 Å². The molecule has 0 saturated heterocycles. The van der Waals surface area contributed by atoms with Crippen LogP contribution in [0.2, 0.25) is 5.02 Å². The second kappa shape index (κ2) is 8.24. The minimum atomic E-state index is -0.452. The van der Waals surface area contributed by atoms with Crippen molar-refractivity contribution in [3.05, 3.63) is 95.2 Å². The zero-order valence-electron chi connectivity index (χ0n) is 15.2. The Balaban J connectivity index is 1.48. The number of hydrogen-bond donors (Lipinski definition) is 2. The highest BCUT2D eigenvalue weighted by Gasteiger charge is 2.11. The average molecular weight is 407 g/mol. The zero-order chi connectivity index (χ0) is 20.2. The topological polar surface area (TPSA) is 66.9 Å². The Labute approximate surface area is 171 Å². The molecule has 0 bridgehead atoms. The summed E-state index contributed by atoms with van der Waals surface area (Å²) in [7, 11) is 0. The van der Waals surface area contributed by atoms with Gasteiger partial charge in [-0.3, -0.25) is 14.8 Å². The van der Waals surface area contributed by atoms with Gasteiger partial charge >= 0.3 is 0 Å². The maximum Gasteiger partial charge on any atom is 0.255 e. The molecule has 0 unspecified atom stereocenters. The second-order valence-corrected chi connectivity index (χ2v) is 6.77. The predicted molar refractivity (Wildman–Crippen MR) is 113 cm³/mol. The van der Waals surface area contributed by atoms with Crippen LogP contribution in [0.4, 0.5) is 15.8 Å². The Hall–Kier alpha value is -3.51. The van der Waals surface area contributed by atoms with Gasteiger partial charge in [-0.25, -0.2) is 4.39 Å². The van der Waals surface area contributed by atoms with Gasteiger partial charge in [0, 0.05) is 41.8 Å². The lowest BCUT2D eigenvalue weighted by molar-refractivity contribution is 0.102. The molecule has 0 radical (unpaired) electrons. The molecule has 4 rings (SSSR count). The molecule has 0 aliphatic carbocycles. The monoisotopic (exact) mass is 406 g/mol. The van der Waals surface area contributed by atoms with Gasteiger partial charge in [0.15, 0.2) is 5.82 Å². The lowest BCUT2D eigenvalue weighted by Crippen LogP contribution is -2.12. The van der Waals surface area contributed by atoms with E-state index in [4.69, 9.17) is 11.6 Å². The Bertz CT molecular complexity index is 1180. The lowest BCUT2D eigenvalue weighted by Gasteiger charge is -2.11. The van der Waals surface area contributed by atoms with E-state index >= 15 is 0 Å². The summed E-state index contributed by atoms with van der Waals surface area (Å²) < 4.78 is 14.7. The first-order valence-electron chi connectivity index (χ1n) is 8.89. The van der Waals surface area contributed by atoms with Crippen LogP contribution < -0.4 is 10.6 Å². The van der Waals surface area contributed by atoms with Crippen LogP contribution in [0, 0.1) is 5.82 Å². The molecule has 0 aliphatic heterocycles. The molecule has 2 N–H and O–H groups in total. The molecule has 0 aliphatic rings. The summed E-state index contributed by atoms with van der Waals surface area (Å²) in [6.45, 7) is 0.377. The summed E-state index contributed by atoms with van der Waals surface area (Å²) in [6.07, 6.45) is 4.61. The molecule has 2 aromatic heterocycles. The van der Waals surface area contributed by atoms with Crippen molar-refractivity contribution >= 4 is 39.8 Å². The first kappa shape index (κ1) is 18.8. The fraction of sp³-hybridized carbons (Fsp3) is 0.0455. The third kappa shape index (κ3) is 4.17. The number of halogens is 2. The van der Waals surface area contributed by atoms with Crippen molar-refractivity contribution in [3.63, 3.8) is 0 Å². The molecular formula is C22H16ClFN4O. The molecule has 144 valence electrons. The van der Waals surface area contributed by atoms with Gasteiger partial charge in [-0.1, -0.05) is 23.7 Å². The number of pyridine rings is 2. The van der Waals surface area contributed by atoms with Crippen molar-refractivity contribution in [2.75, 3.05) is 10.6 Å². The van der Waals surface area contributed by atoms with Crippen LogP contribution in [0.1, 0.15) is 15.9 Å². The van der Waals surface area contributed by atoms with Gasteiger partial charge in [0.05, 0.1) is 10.7 Å². The van der Waals surface area contributed by atoms with Gasteiger partial charge in [-0.2, -0.15) is 0 Å². The second-order valence-electron chi connectivity index (χ2n) is 6.36. The van der Waals surface area contributed by atoms with E-state index in [2.05, 4.69) is 20.6 Å². The number of hydrogen-bond acceptors (Lipinski definition) is 4. The maximum absolute atomic E-state index is 14.7. The molecule has 0 fully saturated rings. The van der Waals surface area contributed by atoms with Crippen molar-refractivity contribution in [2.24, 2.45) is 0 Å². The molecular weight excluding hydrogens is 391 g/mol. The largest absolute Gasteiger partial charge is 0.379 e. The van der Waals surface area contributed by atoms with E-state index in [0.29, 0.717) is 33.9 Å². The van der Waals surface area contributed by atoms with Crippen LogP contribution in [0.3, 0.4) is 0 Å². The highest BCUT2D eigenvalue weighted by atomic mass is 35.5. The zero-order valence-corrected chi connectivity index (χ0v) is 15.9. The normalized spacial score (nSPS) is 10.7. The Kier molecular flexibility index (Phi) is 5.35. The minimum absolute atomic E-state index is 0.221. The van der Waals surface area contributed by atoms with E-state index in [0.717, 1.165) is 5.56 Å². The van der Waals surface area contributed by atoms with Gasteiger partial charge in [-0.05, 0) is 48.0 Å². The number of fused-ring (bicyclic) bond motifs is 1. The van der Waals surface area contributed by atoms with Crippen LogP contribution in [0.25, 0.3) is 10.9 Å². The fourth-order valence-corrected chi connectivity index (χ4v) is 3.16. The summed E-state index contributed by atoms with van der Waals surface area (Å²) in [5, 5.41) is 6.94. The number of amides is 1. The van der Waals surface area contributed by atoms with Crippen LogP contribution in [-0.2, 0) is 6.54 Å².